The fourth-order valence-corrected chi connectivity index (χ4v) is 3.98. The van der Waals surface area contributed by atoms with E-state index < -0.39 is 0 Å². The number of ether oxygens (including phenoxy) is 2. The summed E-state index contributed by atoms with van der Waals surface area (Å²) in [6.45, 7) is 0.931. The average Bonchev–Trinajstić information content (AvgIpc) is 3.32. The Bertz CT molecular complexity index is 1040. The van der Waals surface area contributed by atoms with Gasteiger partial charge in [-0.2, -0.15) is 5.10 Å². The van der Waals surface area contributed by atoms with E-state index in [-0.39, 0.29) is 6.79 Å². The Morgan fingerprint density at radius 2 is 2.14 bits per heavy atom. The molecule has 1 unspecified atom stereocenters. The maximum absolute atomic E-state index is 6.39. The van der Waals surface area contributed by atoms with Gasteiger partial charge in [-0.3, -0.25) is 4.98 Å². The smallest absolute Gasteiger partial charge is 0.231 e. The number of nitrogens with one attached hydrogen (secondary N) is 1. The van der Waals surface area contributed by atoms with Crippen LogP contribution in [0.3, 0.4) is 0 Å². The molecule has 8 heteroatoms. The topological polar surface area (TPSA) is 87.2 Å². The van der Waals surface area contributed by atoms with Crippen molar-refractivity contribution in [2.45, 2.75) is 31.8 Å². The van der Waals surface area contributed by atoms with Crippen molar-refractivity contribution in [3.63, 3.8) is 0 Å². The Morgan fingerprint density at radius 1 is 1.29 bits per heavy atom. The number of hydrogen-bond acceptors (Lipinski definition) is 6. The average molecular weight is 398 g/mol. The number of rotatable bonds is 4. The molecule has 0 radical (unpaired) electrons. The summed E-state index contributed by atoms with van der Waals surface area (Å²) in [5.41, 5.74) is 10.9. The zero-order valence-corrected chi connectivity index (χ0v) is 15.9. The minimum absolute atomic E-state index is 0.250. The summed E-state index contributed by atoms with van der Waals surface area (Å²) in [6, 6.07) is 6.02. The Morgan fingerprint density at radius 3 is 3.00 bits per heavy atom. The molecular formula is C20H20ClN5O2. The quantitative estimate of drug-likeness (QED) is 0.703. The highest BCUT2D eigenvalue weighted by Crippen LogP contribution is 2.37. The van der Waals surface area contributed by atoms with Gasteiger partial charge in [-0.15, -0.1) is 0 Å². The van der Waals surface area contributed by atoms with Crippen molar-refractivity contribution in [2.75, 3.05) is 12.5 Å². The van der Waals surface area contributed by atoms with E-state index in [0.717, 1.165) is 42.0 Å². The first-order chi connectivity index (χ1) is 13.7. The van der Waals surface area contributed by atoms with Crippen molar-refractivity contribution >= 4 is 17.3 Å². The number of anilines is 1. The summed E-state index contributed by atoms with van der Waals surface area (Å²) in [5, 5.41) is 9.03. The molecule has 28 heavy (non-hydrogen) atoms. The molecule has 1 aliphatic carbocycles. The first-order valence-electron chi connectivity index (χ1n) is 9.26. The molecule has 3 heterocycles. The molecule has 2 aromatic heterocycles. The van der Waals surface area contributed by atoms with Crippen molar-refractivity contribution < 1.29 is 9.47 Å². The third-order valence-electron chi connectivity index (χ3n) is 5.27. The van der Waals surface area contributed by atoms with Crippen LogP contribution in [0.25, 0.3) is 5.69 Å². The van der Waals surface area contributed by atoms with E-state index in [9.17, 15) is 0 Å². The molecule has 0 saturated carbocycles. The number of aromatic nitrogens is 3. The van der Waals surface area contributed by atoms with Gasteiger partial charge in [0, 0.05) is 36.1 Å². The van der Waals surface area contributed by atoms with Crippen LogP contribution in [0.2, 0.25) is 5.02 Å². The molecule has 2 aliphatic rings. The Labute approximate surface area is 167 Å². The first kappa shape index (κ1) is 17.3. The fraction of sp³-hybridized carbons (Fsp3) is 0.300. The van der Waals surface area contributed by atoms with Crippen LogP contribution in [0.5, 0.6) is 11.5 Å². The largest absolute Gasteiger partial charge is 0.454 e. The number of nitrogens with zero attached hydrogens (tertiary/aromatic N) is 3. The van der Waals surface area contributed by atoms with E-state index in [1.165, 1.54) is 5.56 Å². The molecule has 0 amide bonds. The number of benzene rings is 1. The lowest BCUT2D eigenvalue weighted by atomic mass is 9.93. The molecule has 1 atom stereocenters. The zero-order chi connectivity index (χ0) is 19.1. The molecule has 1 aliphatic heterocycles. The minimum atomic E-state index is 0.250. The van der Waals surface area contributed by atoms with E-state index in [4.69, 9.17) is 31.9 Å². The molecule has 3 N–H and O–H groups in total. The van der Waals surface area contributed by atoms with Crippen LogP contribution < -0.4 is 20.5 Å². The second kappa shape index (κ2) is 7.00. The van der Waals surface area contributed by atoms with Gasteiger partial charge in [0.25, 0.3) is 0 Å². The lowest BCUT2D eigenvalue weighted by Crippen LogP contribution is -2.33. The predicted molar refractivity (Wildman–Crippen MR) is 106 cm³/mol. The highest BCUT2D eigenvalue weighted by Gasteiger charge is 2.23. The Balaban J connectivity index is 1.28. The molecular weight excluding hydrogens is 378 g/mol. The van der Waals surface area contributed by atoms with E-state index in [1.54, 1.807) is 12.4 Å². The Kier molecular flexibility index (Phi) is 4.33. The summed E-state index contributed by atoms with van der Waals surface area (Å²) >= 11 is 6.39. The molecule has 144 valence electrons. The number of pyridine rings is 1. The number of nitrogen functional groups attached to an aromatic ring is 1. The summed E-state index contributed by atoms with van der Waals surface area (Å²) < 4.78 is 12.7. The highest BCUT2D eigenvalue weighted by atomic mass is 35.5. The molecule has 1 aromatic carbocycles. The van der Waals surface area contributed by atoms with Gasteiger partial charge in [-0.1, -0.05) is 11.6 Å². The lowest BCUT2D eigenvalue weighted by Gasteiger charge is -2.23. The van der Waals surface area contributed by atoms with Crippen molar-refractivity contribution in [2.24, 2.45) is 0 Å². The number of hydrogen-bond donors (Lipinski definition) is 2. The third-order valence-corrected chi connectivity index (χ3v) is 5.62. The van der Waals surface area contributed by atoms with E-state index in [0.29, 0.717) is 29.0 Å². The second-order valence-electron chi connectivity index (χ2n) is 7.10. The molecule has 0 spiro atoms. The van der Waals surface area contributed by atoms with E-state index in [2.05, 4.69) is 16.5 Å². The van der Waals surface area contributed by atoms with Crippen LogP contribution in [-0.2, 0) is 19.4 Å². The number of halogens is 1. The maximum atomic E-state index is 6.39. The maximum Gasteiger partial charge on any atom is 0.231 e. The van der Waals surface area contributed by atoms with Gasteiger partial charge in [-0.05, 0) is 42.5 Å². The first-order valence-corrected chi connectivity index (χ1v) is 9.64. The highest BCUT2D eigenvalue weighted by molar-refractivity contribution is 6.31. The van der Waals surface area contributed by atoms with Gasteiger partial charge in [-0.25, -0.2) is 4.68 Å². The zero-order valence-electron chi connectivity index (χ0n) is 15.2. The van der Waals surface area contributed by atoms with Crippen LogP contribution in [0.4, 0.5) is 5.69 Å². The third kappa shape index (κ3) is 3.16. The van der Waals surface area contributed by atoms with Gasteiger partial charge < -0.3 is 20.5 Å². The van der Waals surface area contributed by atoms with Gasteiger partial charge in [0.1, 0.15) is 0 Å². The van der Waals surface area contributed by atoms with Crippen LogP contribution in [-0.4, -0.2) is 27.6 Å². The monoisotopic (exact) mass is 397 g/mol. The molecule has 7 nitrogen and oxygen atoms in total. The van der Waals surface area contributed by atoms with Crippen molar-refractivity contribution in [3.8, 4) is 17.2 Å². The van der Waals surface area contributed by atoms with Crippen LogP contribution in [0, 0.1) is 0 Å². The van der Waals surface area contributed by atoms with Gasteiger partial charge in [0.05, 0.1) is 23.3 Å². The van der Waals surface area contributed by atoms with Crippen LogP contribution >= 0.6 is 11.6 Å². The van der Waals surface area contributed by atoms with E-state index in [1.807, 2.05) is 22.9 Å². The number of aryl methyl sites for hydroxylation is 1. The molecule has 3 aromatic rings. The molecule has 0 fully saturated rings. The summed E-state index contributed by atoms with van der Waals surface area (Å²) in [5.74, 6) is 1.46. The standard InChI is InChI=1S/C20H20ClN5O2/c21-15-7-20-19(27-11-28-20)6-12(15)8-24-14-1-2-17-13(5-14)10-26(25-17)18-3-4-23-9-16(18)22/h3-4,6-7,9-10,14,24H,1-2,5,8,11,22H2. The van der Waals surface area contributed by atoms with Gasteiger partial charge >= 0.3 is 0 Å². The lowest BCUT2D eigenvalue weighted by molar-refractivity contribution is 0.174. The van der Waals surface area contributed by atoms with E-state index >= 15 is 0 Å². The molecule has 0 bridgehead atoms. The second-order valence-corrected chi connectivity index (χ2v) is 7.50. The van der Waals surface area contributed by atoms with Crippen LogP contribution in [0.15, 0.2) is 36.8 Å². The number of fused-ring (bicyclic) bond motifs is 2. The summed E-state index contributed by atoms with van der Waals surface area (Å²) in [4.78, 5) is 4.04. The molecule has 0 saturated heterocycles. The van der Waals surface area contributed by atoms with Crippen molar-refractivity contribution in [3.05, 3.63) is 58.6 Å². The predicted octanol–water partition coefficient (Wildman–Crippen LogP) is 2.88. The summed E-state index contributed by atoms with van der Waals surface area (Å²) in [7, 11) is 0. The van der Waals surface area contributed by atoms with Crippen molar-refractivity contribution in [1.82, 2.24) is 20.1 Å². The van der Waals surface area contributed by atoms with Gasteiger partial charge in [0.2, 0.25) is 6.79 Å². The van der Waals surface area contributed by atoms with Crippen LogP contribution in [0.1, 0.15) is 23.2 Å². The van der Waals surface area contributed by atoms with Crippen molar-refractivity contribution in [1.29, 1.82) is 0 Å². The normalized spacial score (nSPS) is 17.5. The number of nitrogens with two attached hydrogens (primary N) is 1. The molecule has 5 rings (SSSR count). The van der Waals surface area contributed by atoms with Gasteiger partial charge in [0.15, 0.2) is 11.5 Å². The summed E-state index contributed by atoms with van der Waals surface area (Å²) in [6.07, 6.45) is 8.32. The fourth-order valence-electron chi connectivity index (χ4n) is 3.76. The minimum Gasteiger partial charge on any atom is -0.454 e. The Hall–Kier alpha value is -2.77. The SMILES string of the molecule is Nc1cnccc1-n1cc2c(n1)CCC(NCc1cc3c(cc1Cl)OCO3)C2.